The Kier molecular flexibility index (Phi) is 4.36. The highest BCUT2D eigenvalue weighted by molar-refractivity contribution is 9.10. The highest BCUT2D eigenvalue weighted by Crippen LogP contribution is 2.13. The van der Waals surface area contributed by atoms with Crippen molar-refractivity contribution in [3.8, 4) is 0 Å². The number of halogens is 1. The molecule has 1 N–H and O–H groups in total. The van der Waals surface area contributed by atoms with Crippen molar-refractivity contribution < 1.29 is 18.7 Å². The lowest BCUT2D eigenvalue weighted by Crippen LogP contribution is -2.30. The zero-order valence-corrected chi connectivity index (χ0v) is 9.67. The lowest BCUT2D eigenvalue weighted by molar-refractivity contribution is -0.141. The average Bonchev–Trinajstić information content (AvgIpc) is 2.62. The van der Waals surface area contributed by atoms with Crippen LogP contribution in [-0.2, 0) is 9.53 Å². The molecule has 1 amide bonds. The molecule has 6 heteroatoms. The molecule has 5 nitrogen and oxygen atoms in total. The minimum Gasteiger partial charge on any atom is -0.465 e. The van der Waals surface area contributed by atoms with Gasteiger partial charge in [0.2, 0.25) is 0 Å². The smallest absolute Gasteiger partial charge is 0.325 e. The number of nitrogens with one attached hydrogen (secondary N) is 1. The predicted molar refractivity (Wildman–Crippen MR) is 55.4 cm³/mol. The van der Waals surface area contributed by atoms with E-state index in [0.29, 0.717) is 11.3 Å². The standard InChI is InChI=1S/C9H10BrNO4/c1-2-14-8(12)5-11-9(13)6-3-4-7(10)15-6/h3-4H,2,5H2,1H3,(H,11,13). The molecule has 1 aromatic heterocycles. The highest BCUT2D eigenvalue weighted by atomic mass is 79.9. The first-order valence-electron chi connectivity index (χ1n) is 4.32. The van der Waals surface area contributed by atoms with Crippen molar-refractivity contribution >= 4 is 27.8 Å². The Labute approximate surface area is 94.9 Å². The Morgan fingerprint density at radius 1 is 1.53 bits per heavy atom. The predicted octanol–water partition coefficient (Wildman–Crippen LogP) is 1.33. The Morgan fingerprint density at radius 2 is 2.27 bits per heavy atom. The molecule has 0 unspecified atom stereocenters. The van der Waals surface area contributed by atoms with E-state index in [2.05, 4.69) is 26.0 Å². The van der Waals surface area contributed by atoms with E-state index in [9.17, 15) is 9.59 Å². The third kappa shape index (κ3) is 3.75. The van der Waals surface area contributed by atoms with Crippen molar-refractivity contribution in [2.45, 2.75) is 6.92 Å². The van der Waals surface area contributed by atoms with Gasteiger partial charge in [0.05, 0.1) is 6.61 Å². The maximum absolute atomic E-state index is 11.3. The van der Waals surface area contributed by atoms with E-state index < -0.39 is 11.9 Å². The first kappa shape index (κ1) is 11.8. The van der Waals surface area contributed by atoms with Gasteiger partial charge in [-0.2, -0.15) is 0 Å². The van der Waals surface area contributed by atoms with Gasteiger partial charge in [0.1, 0.15) is 6.54 Å². The summed E-state index contributed by atoms with van der Waals surface area (Å²) >= 11 is 3.07. The van der Waals surface area contributed by atoms with Crippen LogP contribution in [0.5, 0.6) is 0 Å². The van der Waals surface area contributed by atoms with Crippen LogP contribution in [0.25, 0.3) is 0 Å². The van der Waals surface area contributed by atoms with Gasteiger partial charge in [0.25, 0.3) is 5.91 Å². The Balaban J connectivity index is 2.40. The fraction of sp³-hybridized carbons (Fsp3) is 0.333. The van der Waals surface area contributed by atoms with Crippen LogP contribution in [-0.4, -0.2) is 25.0 Å². The summed E-state index contributed by atoms with van der Waals surface area (Å²) in [4.78, 5) is 22.2. The van der Waals surface area contributed by atoms with Gasteiger partial charge >= 0.3 is 5.97 Å². The van der Waals surface area contributed by atoms with Gasteiger partial charge in [-0.25, -0.2) is 0 Å². The molecule has 0 radical (unpaired) electrons. The van der Waals surface area contributed by atoms with Crippen molar-refractivity contribution in [2.24, 2.45) is 0 Å². The number of esters is 1. The number of furan rings is 1. The minimum atomic E-state index is -0.475. The SMILES string of the molecule is CCOC(=O)CNC(=O)c1ccc(Br)o1. The molecule has 82 valence electrons. The van der Waals surface area contributed by atoms with E-state index in [0.717, 1.165) is 0 Å². The van der Waals surface area contributed by atoms with Crippen LogP contribution in [0.15, 0.2) is 21.2 Å². The molecular formula is C9H10BrNO4. The molecular weight excluding hydrogens is 266 g/mol. The molecule has 1 heterocycles. The number of carbonyl (C=O) groups is 2. The number of hydrogen-bond acceptors (Lipinski definition) is 4. The van der Waals surface area contributed by atoms with Crippen molar-refractivity contribution in [1.29, 1.82) is 0 Å². The van der Waals surface area contributed by atoms with Gasteiger partial charge < -0.3 is 14.5 Å². The highest BCUT2D eigenvalue weighted by Gasteiger charge is 2.11. The fourth-order valence-corrected chi connectivity index (χ4v) is 1.19. The summed E-state index contributed by atoms with van der Waals surface area (Å²) in [6, 6.07) is 3.10. The third-order valence-electron chi connectivity index (χ3n) is 1.50. The van der Waals surface area contributed by atoms with Crippen LogP contribution in [0.2, 0.25) is 0 Å². The summed E-state index contributed by atoms with van der Waals surface area (Å²) in [7, 11) is 0. The molecule has 1 aromatic rings. The molecule has 0 atom stereocenters. The summed E-state index contributed by atoms with van der Waals surface area (Å²) in [5.74, 6) is -0.781. The molecule has 0 aromatic carbocycles. The summed E-state index contributed by atoms with van der Waals surface area (Å²) in [5.41, 5.74) is 0. The van der Waals surface area contributed by atoms with Gasteiger partial charge in [-0.15, -0.1) is 0 Å². The second kappa shape index (κ2) is 5.55. The van der Waals surface area contributed by atoms with Crippen molar-refractivity contribution in [1.82, 2.24) is 5.32 Å². The second-order valence-corrected chi connectivity index (χ2v) is 3.37. The summed E-state index contributed by atoms with van der Waals surface area (Å²) < 4.78 is 10.1. The zero-order chi connectivity index (χ0) is 11.3. The molecule has 0 fully saturated rings. The number of hydrogen-bond donors (Lipinski definition) is 1. The summed E-state index contributed by atoms with van der Waals surface area (Å²) in [6.45, 7) is 1.83. The largest absolute Gasteiger partial charge is 0.465 e. The van der Waals surface area contributed by atoms with Crippen LogP contribution < -0.4 is 5.32 Å². The van der Waals surface area contributed by atoms with Gasteiger partial charge in [-0.05, 0) is 35.0 Å². The quantitative estimate of drug-likeness (QED) is 0.842. The number of rotatable bonds is 4. The molecule has 0 aliphatic carbocycles. The molecule has 0 bridgehead atoms. The van der Waals surface area contributed by atoms with Gasteiger partial charge in [-0.1, -0.05) is 0 Å². The summed E-state index contributed by atoms with van der Waals surface area (Å²) in [6.07, 6.45) is 0. The van der Waals surface area contributed by atoms with E-state index in [1.165, 1.54) is 6.07 Å². The topological polar surface area (TPSA) is 68.5 Å². The van der Waals surface area contributed by atoms with Crippen molar-refractivity contribution in [3.63, 3.8) is 0 Å². The normalized spacial score (nSPS) is 9.73. The lowest BCUT2D eigenvalue weighted by Gasteiger charge is -2.02. The van der Waals surface area contributed by atoms with Crippen LogP contribution in [0, 0.1) is 0 Å². The van der Waals surface area contributed by atoms with E-state index in [4.69, 9.17) is 4.42 Å². The first-order chi connectivity index (χ1) is 7.13. The second-order valence-electron chi connectivity index (χ2n) is 2.59. The van der Waals surface area contributed by atoms with Crippen LogP contribution in [0.3, 0.4) is 0 Å². The monoisotopic (exact) mass is 275 g/mol. The summed E-state index contributed by atoms with van der Waals surface area (Å²) in [5, 5.41) is 2.37. The molecule has 0 saturated heterocycles. The third-order valence-corrected chi connectivity index (χ3v) is 1.92. The van der Waals surface area contributed by atoms with Crippen LogP contribution >= 0.6 is 15.9 Å². The maximum atomic E-state index is 11.3. The minimum absolute atomic E-state index is 0.145. The fourth-order valence-electron chi connectivity index (χ4n) is 0.888. The molecule has 0 aliphatic heterocycles. The van der Waals surface area contributed by atoms with Gasteiger partial charge in [0.15, 0.2) is 10.4 Å². The first-order valence-corrected chi connectivity index (χ1v) is 5.12. The molecule has 0 aliphatic rings. The average molecular weight is 276 g/mol. The maximum Gasteiger partial charge on any atom is 0.325 e. The van der Waals surface area contributed by atoms with Crippen molar-refractivity contribution in [3.05, 3.63) is 22.6 Å². The number of carbonyl (C=O) groups excluding carboxylic acids is 2. The number of amides is 1. The Morgan fingerprint density at radius 3 is 2.80 bits per heavy atom. The van der Waals surface area contributed by atoms with E-state index in [-0.39, 0.29) is 12.3 Å². The Bertz CT molecular complexity index is 361. The molecule has 0 saturated carbocycles. The van der Waals surface area contributed by atoms with Crippen LogP contribution in [0.4, 0.5) is 0 Å². The molecule has 1 rings (SSSR count). The molecule has 15 heavy (non-hydrogen) atoms. The van der Waals surface area contributed by atoms with E-state index >= 15 is 0 Å². The lowest BCUT2D eigenvalue weighted by atomic mass is 10.4. The Hall–Kier alpha value is -1.30. The van der Waals surface area contributed by atoms with E-state index in [1.54, 1.807) is 13.0 Å². The van der Waals surface area contributed by atoms with Gasteiger partial charge in [0, 0.05) is 0 Å². The number of ether oxygens (including phenoxy) is 1. The van der Waals surface area contributed by atoms with Crippen LogP contribution in [0.1, 0.15) is 17.5 Å². The molecule has 0 spiro atoms. The van der Waals surface area contributed by atoms with Crippen molar-refractivity contribution in [2.75, 3.05) is 13.2 Å². The zero-order valence-electron chi connectivity index (χ0n) is 8.08. The van der Waals surface area contributed by atoms with E-state index in [1.807, 2.05) is 0 Å². The van der Waals surface area contributed by atoms with Gasteiger partial charge in [-0.3, -0.25) is 9.59 Å².